The van der Waals surface area contributed by atoms with Gasteiger partial charge in [0.2, 0.25) is 5.96 Å². The van der Waals surface area contributed by atoms with Crippen molar-refractivity contribution in [3.8, 4) is 0 Å². The number of aliphatic imine (C=N–C) groups is 1. The van der Waals surface area contributed by atoms with E-state index in [1.807, 2.05) is 11.8 Å². The number of carbonyl (C=O) groups is 1. The molecule has 2 aliphatic heterocycles. The standard InChI is InChI=1S/C12H17N5O/c1-6-12(3,4)15-11-16(5)10(18)8-9(17(6)11)14-7(2)13-8/h6H,1-5H3,(H,13,14)/t6-/m0/s1. The molecule has 1 amide bonds. The lowest BCUT2D eigenvalue weighted by Crippen LogP contribution is -2.52. The molecule has 1 N–H and O–H groups in total. The van der Waals surface area contributed by atoms with Gasteiger partial charge in [0.05, 0.1) is 11.6 Å². The summed E-state index contributed by atoms with van der Waals surface area (Å²) in [6.07, 6.45) is 0. The third kappa shape index (κ3) is 1.20. The van der Waals surface area contributed by atoms with Crippen molar-refractivity contribution in [1.29, 1.82) is 0 Å². The molecule has 3 heterocycles. The summed E-state index contributed by atoms with van der Waals surface area (Å²) in [4.78, 5) is 28.0. The molecule has 18 heavy (non-hydrogen) atoms. The minimum Gasteiger partial charge on any atom is -0.336 e. The number of imidazole rings is 1. The zero-order chi connectivity index (χ0) is 13.2. The number of amides is 1. The number of aromatic nitrogens is 2. The molecule has 6 heteroatoms. The second-order valence-corrected chi connectivity index (χ2v) is 5.50. The zero-order valence-electron chi connectivity index (χ0n) is 11.3. The van der Waals surface area contributed by atoms with E-state index in [1.165, 1.54) is 0 Å². The number of H-pyrrole nitrogens is 1. The minimum absolute atomic E-state index is 0.0782. The average molecular weight is 247 g/mol. The lowest BCUT2D eigenvalue weighted by atomic mass is 9.97. The lowest BCUT2D eigenvalue weighted by Gasteiger charge is -2.34. The number of nitrogens with zero attached hydrogens (tertiary/aromatic N) is 4. The van der Waals surface area contributed by atoms with Gasteiger partial charge in [-0.25, -0.2) is 9.98 Å². The molecule has 3 rings (SSSR count). The molecule has 0 fully saturated rings. The van der Waals surface area contributed by atoms with Crippen LogP contribution in [-0.2, 0) is 0 Å². The summed E-state index contributed by atoms with van der Waals surface area (Å²) in [5, 5.41) is 0. The first-order valence-corrected chi connectivity index (χ1v) is 6.06. The highest BCUT2D eigenvalue weighted by atomic mass is 16.2. The van der Waals surface area contributed by atoms with Crippen LogP contribution in [0.4, 0.5) is 5.82 Å². The van der Waals surface area contributed by atoms with Crippen molar-refractivity contribution in [2.45, 2.75) is 39.3 Å². The lowest BCUT2D eigenvalue weighted by molar-refractivity contribution is 0.0860. The summed E-state index contributed by atoms with van der Waals surface area (Å²) in [5.74, 6) is 2.06. The maximum atomic E-state index is 12.2. The molecule has 0 aromatic carbocycles. The van der Waals surface area contributed by atoms with E-state index in [0.29, 0.717) is 17.5 Å². The number of hydrogen-bond acceptors (Lipinski definition) is 4. The first kappa shape index (κ1) is 11.3. The van der Waals surface area contributed by atoms with Crippen LogP contribution in [0.1, 0.15) is 37.1 Å². The molecule has 96 valence electrons. The molecular formula is C12H17N5O. The van der Waals surface area contributed by atoms with E-state index in [-0.39, 0.29) is 17.5 Å². The number of guanidine groups is 1. The fraction of sp³-hybridized carbons (Fsp3) is 0.583. The van der Waals surface area contributed by atoms with Crippen molar-refractivity contribution < 1.29 is 4.79 Å². The van der Waals surface area contributed by atoms with E-state index in [0.717, 1.165) is 5.82 Å². The predicted molar refractivity (Wildman–Crippen MR) is 68.9 cm³/mol. The minimum atomic E-state index is -0.224. The summed E-state index contributed by atoms with van der Waals surface area (Å²) in [7, 11) is 1.75. The predicted octanol–water partition coefficient (Wildman–Crippen LogP) is 1.15. The third-order valence-corrected chi connectivity index (χ3v) is 3.86. The van der Waals surface area contributed by atoms with Gasteiger partial charge in [0, 0.05) is 7.05 Å². The Morgan fingerprint density at radius 1 is 1.39 bits per heavy atom. The van der Waals surface area contributed by atoms with Crippen molar-refractivity contribution in [3.63, 3.8) is 0 Å². The van der Waals surface area contributed by atoms with E-state index in [2.05, 4.69) is 35.7 Å². The van der Waals surface area contributed by atoms with Crippen LogP contribution in [0, 0.1) is 6.92 Å². The molecule has 1 atom stereocenters. The molecule has 2 aliphatic rings. The second kappa shape index (κ2) is 3.13. The van der Waals surface area contributed by atoms with Gasteiger partial charge in [-0.05, 0) is 27.7 Å². The molecule has 0 radical (unpaired) electrons. The quantitative estimate of drug-likeness (QED) is 0.748. The van der Waals surface area contributed by atoms with E-state index in [9.17, 15) is 4.79 Å². The molecule has 0 bridgehead atoms. The number of fused-ring (bicyclic) bond motifs is 3. The molecule has 0 saturated heterocycles. The van der Waals surface area contributed by atoms with Crippen LogP contribution >= 0.6 is 0 Å². The normalized spacial score (nSPS) is 25.1. The van der Waals surface area contributed by atoms with Crippen LogP contribution in [0.25, 0.3) is 0 Å². The van der Waals surface area contributed by atoms with Crippen LogP contribution < -0.4 is 4.90 Å². The summed E-state index contributed by atoms with van der Waals surface area (Å²) in [6.45, 7) is 8.10. The number of aromatic amines is 1. The van der Waals surface area contributed by atoms with Crippen molar-refractivity contribution >= 4 is 17.7 Å². The fourth-order valence-electron chi connectivity index (χ4n) is 2.47. The smallest absolute Gasteiger partial charge is 0.280 e. The topological polar surface area (TPSA) is 64.6 Å². The van der Waals surface area contributed by atoms with Crippen LogP contribution in [0.2, 0.25) is 0 Å². The Labute approximate surface area is 106 Å². The van der Waals surface area contributed by atoms with Crippen LogP contribution in [0.3, 0.4) is 0 Å². The van der Waals surface area contributed by atoms with Crippen molar-refractivity contribution in [2.75, 3.05) is 11.9 Å². The SMILES string of the molecule is Cc1nc2c([nH]1)C(=O)N(C)C1=NC(C)(C)[C@H](C)N12. The van der Waals surface area contributed by atoms with Gasteiger partial charge in [-0.2, -0.15) is 0 Å². The van der Waals surface area contributed by atoms with Gasteiger partial charge >= 0.3 is 0 Å². The number of carbonyl (C=O) groups excluding carboxylic acids is 1. The average Bonchev–Trinajstić information content (AvgIpc) is 2.76. The summed E-state index contributed by atoms with van der Waals surface area (Å²) in [5.41, 5.74) is 0.330. The summed E-state index contributed by atoms with van der Waals surface area (Å²) in [6, 6.07) is 0.171. The molecule has 1 aromatic heterocycles. The Kier molecular flexibility index (Phi) is 1.95. The van der Waals surface area contributed by atoms with Gasteiger partial charge in [-0.1, -0.05) is 0 Å². The zero-order valence-corrected chi connectivity index (χ0v) is 11.3. The Morgan fingerprint density at radius 2 is 2.06 bits per heavy atom. The molecular weight excluding hydrogens is 230 g/mol. The fourth-order valence-corrected chi connectivity index (χ4v) is 2.47. The van der Waals surface area contributed by atoms with E-state index in [4.69, 9.17) is 0 Å². The van der Waals surface area contributed by atoms with Crippen molar-refractivity contribution in [3.05, 3.63) is 11.5 Å². The maximum absolute atomic E-state index is 12.2. The van der Waals surface area contributed by atoms with Crippen LogP contribution in [-0.4, -0.2) is 45.4 Å². The van der Waals surface area contributed by atoms with Crippen molar-refractivity contribution in [1.82, 2.24) is 14.9 Å². The first-order chi connectivity index (χ1) is 8.33. The monoisotopic (exact) mass is 247 g/mol. The van der Waals surface area contributed by atoms with E-state index < -0.39 is 0 Å². The molecule has 6 nitrogen and oxygen atoms in total. The van der Waals surface area contributed by atoms with E-state index >= 15 is 0 Å². The highest BCUT2D eigenvalue weighted by molar-refractivity contribution is 6.18. The van der Waals surface area contributed by atoms with Crippen molar-refractivity contribution in [2.24, 2.45) is 4.99 Å². The summed E-state index contributed by atoms with van der Waals surface area (Å²) < 4.78 is 0. The second-order valence-electron chi connectivity index (χ2n) is 5.50. The highest BCUT2D eigenvalue weighted by Gasteiger charge is 2.47. The van der Waals surface area contributed by atoms with Gasteiger partial charge in [-0.3, -0.25) is 14.6 Å². The van der Waals surface area contributed by atoms with Gasteiger partial charge in [-0.15, -0.1) is 0 Å². The molecule has 0 spiro atoms. The van der Waals surface area contributed by atoms with Gasteiger partial charge < -0.3 is 4.98 Å². The first-order valence-electron chi connectivity index (χ1n) is 6.06. The van der Waals surface area contributed by atoms with Gasteiger partial charge in [0.15, 0.2) is 5.82 Å². The summed E-state index contributed by atoms with van der Waals surface area (Å²) >= 11 is 0. The number of hydrogen-bond donors (Lipinski definition) is 1. The molecule has 0 saturated carbocycles. The maximum Gasteiger partial charge on any atom is 0.280 e. The number of anilines is 1. The van der Waals surface area contributed by atoms with Crippen LogP contribution in [0.5, 0.6) is 0 Å². The number of rotatable bonds is 0. The van der Waals surface area contributed by atoms with E-state index in [1.54, 1.807) is 11.9 Å². The molecule has 0 aliphatic carbocycles. The Morgan fingerprint density at radius 3 is 2.72 bits per heavy atom. The Balaban J connectivity index is 2.23. The Hall–Kier alpha value is -1.85. The highest BCUT2D eigenvalue weighted by Crippen LogP contribution is 2.37. The molecule has 1 aromatic rings. The largest absolute Gasteiger partial charge is 0.336 e. The van der Waals surface area contributed by atoms with Crippen LogP contribution in [0.15, 0.2) is 4.99 Å². The number of nitrogens with one attached hydrogen (secondary N) is 1. The third-order valence-electron chi connectivity index (χ3n) is 3.86. The Bertz CT molecular complexity index is 571. The van der Waals surface area contributed by atoms with Gasteiger partial charge in [0.1, 0.15) is 11.5 Å². The number of aryl methyl sites for hydroxylation is 1. The molecule has 0 unspecified atom stereocenters. The van der Waals surface area contributed by atoms with Gasteiger partial charge in [0.25, 0.3) is 5.91 Å².